The molecule has 1 atom stereocenters. The minimum absolute atomic E-state index is 0.355. The molecule has 0 bridgehead atoms. The summed E-state index contributed by atoms with van der Waals surface area (Å²) in [5, 5.41) is 18.0. The molecule has 0 aromatic carbocycles. The van der Waals surface area contributed by atoms with E-state index >= 15 is 0 Å². The molecule has 0 saturated heterocycles. The van der Waals surface area contributed by atoms with E-state index in [1.54, 1.807) is 18.1 Å². The van der Waals surface area contributed by atoms with Crippen LogP contribution in [0.4, 0.5) is 4.79 Å². The van der Waals surface area contributed by atoms with E-state index in [2.05, 4.69) is 20.7 Å². The van der Waals surface area contributed by atoms with Gasteiger partial charge in [0.2, 0.25) is 0 Å². The van der Waals surface area contributed by atoms with Crippen LogP contribution in [0.15, 0.2) is 6.33 Å². The average Bonchev–Trinajstić information content (AvgIpc) is 2.74. The number of carbonyl (C=O) groups is 2. The second-order valence-corrected chi connectivity index (χ2v) is 4.16. The van der Waals surface area contributed by atoms with E-state index in [1.807, 2.05) is 6.92 Å². The molecule has 1 rings (SSSR count). The molecule has 8 heteroatoms. The number of nitrogens with one attached hydrogen (secondary N) is 2. The molecule has 0 aliphatic heterocycles. The van der Waals surface area contributed by atoms with Crippen LogP contribution >= 0.6 is 0 Å². The number of hydrogen-bond donors (Lipinski definition) is 3. The van der Waals surface area contributed by atoms with Gasteiger partial charge in [0.05, 0.1) is 0 Å². The SMILES string of the molecule is CCC[C@@H](NC(=O)NCCc1ncn(C)n1)C(=O)O. The first-order valence-corrected chi connectivity index (χ1v) is 6.14. The van der Waals surface area contributed by atoms with E-state index in [0.29, 0.717) is 31.6 Å². The topological polar surface area (TPSA) is 109 Å². The predicted molar refractivity (Wildman–Crippen MR) is 67.6 cm³/mol. The van der Waals surface area contributed by atoms with Crippen molar-refractivity contribution in [3.05, 3.63) is 12.2 Å². The normalized spacial score (nSPS) is 11.9. The molecular formula is C11H19N5O3. The Kier molecular flexibility index (Phi) is 5.77. The van der Waals surface area contributed by atoms with Gasteiger partial charge >= 0.3 is 12.0 Å². The van der Waals surface area contributed by atoms with E-state index in [9.17, 15) is 9.59 Å². The Morgan fingerprint density at radius 1 is 1.53 bits per heavy atom. The van der Waals surface area contributed by atoms with Crippen molar-refractivity contribution in [2.75, 3.05) is 6.54 Å². The van der Waals surface area contributed by atoms with Crippen LogP contribution in [-0.2, 0) is 18.3 Å². The van der Waals surface area contributed by atoms with E-state index in [0.717, 1.165) is 0 Å². The summed E-state index contributed by atoms with van der Waals surface area (Å²) in [6.45, 7) is 2.22. The summed E-state index contributed by atoms with van der Waals surface area (Å²) in [7, 11) is 1.76. The second-order valence-electron chi connectivity index (χ2n) is 4.16. The molecule has 0 aliphatic rings. The molecule has 1 aromatic heterocycles. The smallest absolute Gasteiger partial charge is 0.326 e. The van der Waals surface area contributed by atoms with Crippen molar-refractivity contribution in [3.63, 3.8) is 0 Å². The quantitative estimate of drug-likeness (QED) is 0.641. The second kappa shape index (κ2) is 7.34. The number of hydrogen-bond acceptors (Lipinski definition) is 4. The highest BCUT2D eigenvalue weighted by Gasteiger charge is 2.18. The first kappa shape index (κ1) is 14.9. The van der Waals surface area contributed by atoms with Crippen molar-refractivity contribution in [2.45, 2.75) is 32.2 Å². The van der Waals surface area contributed by atoms with E-state index in [-0.39, 0.29) is 0 Å². The lowest BCUT2D eigenvalue weighted by Crippen LogP contribution is -2.46. The number of aliphatic carboxylic acids is 1. The van der Waals surface area contributed by atoms with Crippen molar-refractivity contribution < 1.29 is 14.7 Å². The van der Waals surface area contributed by atoms with E-state index < -0.39 is 18.0 Å². The van der Waals surface area contributed by atoms with Gasteiger partial charge in [-0.3, -0.25) is 4.68 Å². The lowest BCUT2D eigenvalue weighted by atomic mass is 10.2. The first-order valence-electron chi connectivity index (χ1n) is 6.14. The molecule has 1 heterocycles. The molecule has 0 radical (unpaired) electrons. The molecule has 0 spiro atoms. The largest absolute Gasteiger partial charge is 0.480 e. The van der Waals surface area contributed by atoms with Crippen LogP contribution in [-0.4, -0.2) is 44.5 Å². The Bertz CT molecular complexity index is 432. The number of carboxylic acid groups (broad SMARTS) is 1. The van der Waals surface area contributed by atoms with Gasteiger partial charge in [0.15, 0.2) is 5.82 Å². The van der Waals surface area contributed by atoms with Gasteiger partial charge in [0, 0.05) is 20.0 Å². The Balaban J connectivity index is 2.28. The van der Waals surface area contributed by atoms with Crippen LogP contribution in [0.5, 0.6) is 0 Å². The van der Waals surface area contributed by atoms with E-state index in [1.165, 1.54) is 0 Å². The third-order valence-corrected chi connectivity index (χ3v) is 2.46. The Morgan fingerprint density at radius 3 is 2.79 bits per heavy atom. The number of carbonyl (C=O) groups excluding carboxylic acids is 1. The van der Waals surface area contributed by atoms with Gasteiger partial charge in [-0.1, -0.05) is 13.3 Å². The van der Waals surface area contributed by atoms with Crippen LogP contribution in [0.25, 0.3) is 0 Å². The Morgan fingerprint density at radius 2 is 2.26 bits per heavy atom. The van der Waals surface area contributed by atoms with Gasteiger partial charge in [-0.2, -0.15) is 5.10 Å². The zero-order valence-electron chi connectivity index (χ0n) is 11.1. The Hall–Kier alpha value is -2.12. The first-order chi connectivity index (χ1) is 9.02. The van der Waals surface area contributed by atoms with Gasteiger partial charge in [0.25, 0.3) is 0 Å². The van der Waals surface area contributed by atoms with Crippen LogP contribution < -0.4 is 10.6 Å². The summed E-state index contributed by atoms with van der Waals surface area (Å²) >= 11 is 0. The zero-order valence-corrected chi connectivity index (χ0v) is 11.1. The summed E-state index contributed by atoms with van der Waals surface area (Å²) in [6, 6.07) is -1.34. The standard InChI is InChI=1S/C11H19N5O3/c1-3-4-8(10(17)18)14-11(19)12-6-5-9-13-7-16(2)15-9/h7-8H,3-6H2,1-2H3,(H,17,18)(H2,12,14,19)/t8-/m1/s1. The van der Waals surface area contributed by atoms with Crippen LogP contribution in [0.2, 0.25) is 0 Å². The number of aromatic nitrogens is 3. The number of nitrogens with zero attached hydrogens (tertiary/aromatic N) is 3. The lowest BCUT2D eigenvalue weighted by molar-refractivity contribution is -0.139. The minimum atomic E-state index is -1.02. The van der Waals surface area contributed by atoms with Gasteiger partial charge in [-0.05, 0) is 6.42 Å². The number of urea groups is 1. The molecule has 1 aromatic rings. The summed E-state index contributed by atoms with van der Waals surface area (Å²) in [5.41, 5.74) is 0. The van der Waals surface area contributed by atoms with Gasteiger partial charge < -0.3 is 15.7 Å². The number of aryl methyl sites for hydroxylation is 1. The molecule has 8 nitrogen and oxygen atoms in total. The highest BCUT2D eigenvalue weighted by molar-refractivity contribution is 5.82. The fourth-order valence-corrected chi connectivity index (χ4v) is 1.54. The number of carboxylic acids is 1. The molecule has 3 N–H and O–H groups in total. The van der Waals surface area contributed by atoms with E-state index in [4.69, 9.17) is 5.11 Å². The van der Waals surface area contributed by atoms with Crippen molar-refractivity contribution in [3.8, 4) is 0 Å². The maximum atomic E-state index is 11.5. The Labute approximate surface area is 111 Å². The highest BCUT2D eigenvalue weighted by atomic mass is 16.4. The molecule has 0 fully saturated rings. The van der Waals surface area contributed by atoms with Crippen molar-refractivity contribution >= 4 is 12.0 Å². The molecule has 0 saturated carbocycles. The molecule has 0 unspecified atom stereocenters. The van der Waals surface area contributed by atoms with Crippen LogP contribution in [0, 0.1) is 0 Å². The molecule has 106 valence electrons. The minimum Gasteiger partial charge on any atom is -0.480 e. The lowest BCUT2D eigenvalue weighted by Gasteiger charge is -2.13. The maximum Gasteiger partial charge on any atom is 0.326 e. The average molecular weight is 269 g/mol. The van der Waals surface area contributed by atoms with Gasteiger partial charge in [-0.15, -0.1) is 0 Å². The van der Waals surface area contributed by atoms with Crippen molar-refractivity contribution in [2.24, 2.45) is 7.05 Å². The third-order valence-electron chi connectivity index (χ3n) is 2.46. The highest BCUT2D eigenvalue weighted by Crippen LogP contribution is 1.96. The van der Waals surface area contributed by atoms with Gasteiger partial charge in [0.1, 0.15) is 12.4 Å². The fraction of sp³-hybridized carbons (Fsp3) is 0.636. The molecular weight excluding hydrogens is 250 g/mol. The molecule has 2 amide bonds. The number of rotatable bonds is 7. The monoisotopic (exact) mass is 269 g/mol. The van der Waals surface area contributed by atoms with Crippen molar-refractivity contribution in [1.29, 1.82) is 0 Å². The van der Waals surface area contributed by atoms with Crippen molar-refractivity contribution in [1.82, 2.24) is 25.4 Å². The number of amides is 2. The molecule has 0 aliphatic carbocycles. The summed E-state index contributed by atoms with van der Waals surface area (Å²) in [4.78, 5) is 26.4. The summed E-state index contributed by atoms with van der Waals surface area (Å²) < 4.78 is 1.58. The predicted octanol–water partition coefficient (Wildman–Crippen LogP) is -0.0899. The third kappa shape index (κ3) is 5.36. The zero-order chi connectivity index (χ0) is 14.3. The maximum absolute atomic E-state index is 11.5. The molecule has 19 heavy (non-hydrogen) atoms. The summed E-state index contributed by atoms with van der Waals surface area (Å²) in [5.74, 6) is -0.394. The summed E-state index contributed by atoms with van der Waals surface area (Å²) in [6.07, 6.45) is 3.18. The van der Waals surface area contributed by atoms with Crippen LogP contribution in [0.3, 0.4) is 0 Å². The van der Waals surface area contributed by atoms with Crippen LogP contribution in [0.1, 0.15) is 25.6 Å². The fourth-order valence-electron chi connectivity index (χ4n) is 1.54. The van der Waals surface area contributed by atoms with Gasteiger partial charge in [-0.25, -0.2) is 14.6 Å².